The average molecular weight is 279 g/mol. The quantitative estimate of drug-likeness (QED) is 0.569. The Morgan fingerprint density at radius 3 is 2.05 bits per heavy atom. The molecule has 4 nitrogen and oxygen atoms in total. The van der Waals surface area contributed by atoms with Crippen LogP contribution in [0.3, 0.4) is 0 Å². The third kappa shape index (κ3) is 5.03. The molecular formula is C16H22O4. The Morgan fingerprint density at radius 1 is 1.10 bits per heavy atom. The number of rotatable bonds is 7. The molecule has 110 valence electrons. The van der Waals surface area contributed by atoms with Gasteiger partial charge >= 0.3 is 11.9 Å². The van der Waals surface area contributed by atoms with Crippen molar-refractivity contribution >= 4 is 11.9 Å². The maximum atomic E-state index is 11.9. The van der Waals surface area contributed by atoms with E-state index in [2.05, 4.69) is 0 Å². The molecule has 0 aliphatic rings. The number of carbonyl (C=O) groups is 2. The number of carbonyl (C=O) groups excluding carboxylic acids is 2. The predicted molar refractivity (Wildman–Crippen MR) is 76.3 cm³/mol. The topological polar surface area (TPSA) is 52.6 Å². The van der Waals surface area contributed by atoms with E-state index in [4.69, 9.17) is 10.8 Å². The zero-order chi connectivity index (χ0) is 15.8. The molecule has 0 bridgehead atoms. The second kappa shape index (κ2) is 8.35. The van der Waals surface area contributed by atoms with Crippen molar-refractivity contribution in [3.05, 3.63) is 35.4 Å². The lowest BCUT2D eigenvalue weighted by atomic mass is 9.99. The van der Waals surface area contributed by atoms with Gasteiger partial charge in [0.2, 0.25) is 0 Å². The number of benzene rings is 1. The van der Waals surface area contributed by atoms with Crippen molar-refractivity contribution in [3.63, 3.8) is 0 Å². The van der Waals surface area contributed by atoms with Gasteiger partial charge in [-0.15, -0.1) is 0 Å². The molecule has 0 radical (unpaired) electrons. The van der Waals surface area contributed by atoms with Crippen LogP contribution in [0.1, 0.15) is 32.8 Å². The van der Waals surface area contributed by atoms with Crippen LogP contribution in [0.25, 0.3) is 0 Å². The van der Waals surface area contributed by atoms with E-state index in [0.717, 1.165) is 11.1 Å². The van der Waals surface area contributed by atoms with Gasteiger partial charge in [0.25, 0.3) is 0 Å². The molecule has 0 spiro atoms. The monoisotopic (exact) mass is 279 g/mol. The van der Waals surface area contributed by atoms with Crippen molar-refractivity contribution in [1.29, 1.82) is 0 Å². The first-order valence-electron chi connectivity index (χ1n) is 7.39. The smallest absolute Gasteiger partial charge is 0.320 e. The summed E-state index contributed by atoms with van der Waals surface area (Å²) >= 11 is 0. The lowest BCUT2D eigenvalue weighted by molar-refractivity contribution is -0.161. The Kier molecular flexibility index (Phi) is 6.08. The molecule has 0 aromatic heterocycles. The number of hydrogen-bond acceptors (Lipinski definition) is 4. The highest BCUT2D eigenvalue weighted by atomic mass is 16.6. The number of ether oxygens (including phenoxy) is 2. The van der Waals surface area contributed by atoms with E-state index in [1.165, 1.54) is 0 Å². The summed E-state index contributed by atoms with van der Waals surface area (Å²) in [5, 5.41) is 0. The van der Waals surface area contributed by atoms with Crippen LogP contribution >= 0.6 is 0 Å². The Labute approximate surface area is 121 Å². The maximum Gasteiger partial charge on any atom is 0.320 e. The Balaban J connectivity index is 2.81. The van der Waals surface area contributed by atoms with E-state index in [0.29, 0.717) is 0 Å². The lowest BCUT2D eigenvalue weighted by Crippen LogP contribution is -2.28. The first-order chi connectivity index (χ1) is 9.99. The fraction of sp³-hybridized carbons (Fsp3) is 0.500. The minimum atomic E-state index is -1.05. The van der Waals surface area contributed by atoms with Crippen molar-refractivity contribution in [2.45, 2.75) is 33.6 Å². The average Bonchev–Trinajstić information content (AvgIpc) is 2.45. The molecule has 1 aromatic carbocycles. The first kappa shape index (κ1) is 14.6. The summed E-state index contributed by atoms with van der Waals surface area (Å²) in [5.74, 6) is -2.30. The summed E-state index contributed by atoms with van der Waals surface area (Å²) < 4.78 is 18.0. The van der Waals surface area contributed by atoms with Crippen LogP contribution < -0.4 is 0 Å². The largest absolute Gasteiger partial charge is 0.465 e. The van der Waals surface area contributed by atoms with Gasteiger partial charge in [-0.3, -0.25) is 9.59 Å². The van der Waals surface area contributed by atoms with E-state index in [-0.39, 0.29) is 19.6 Å². The van der Waals surface area contributed by atoms with Gasteiger partial charge in [-0.2, -0.15) is 0 Å². The predicted octanol–water partition coefficient (Wildman–Crippen LogP) is 2.67. The highest BCUT2D eigenvalue weighted by Gasteiger charge is 2.28. The van der Waals surface area contributed by atoms with E-state index >= 15 is 0 Å². The molecule has 1 aromatic rings. The molecule has 0 saturated heterocycles. The molecule has 0 fully saturated rings. The minimum absolute atomic E-state index is 0.0563. The van der Waals surface area contributed by atoms with Crippen LogP contribution in [-0.4, -0.2) is 25.2 Å². The molecule has 1 rings (SSSR count). The molecule has 0 amide bonds. The van der Waals surface area contributed by atoms with Gasteiger partial charge in [-0.25, -0.2) is 0 Å². The molecule has 4 heteroatoms. The highest BCUT2D eigenvalue weighted by molar-refractivity contribution is 5.94. The van der Waals surface area contributed by atoms with Crippen LogP contribution in [0, 0.1) is 12.8 Å². The second-order valence-electron chi connectivity index (χ2n) is 4.41. The van der Waals surface area contributed by atoms with E-state index < -0.39 is 24.3 Å². The van der Waals surface area contributed by atoms with Gasteiger partial charge in [0.1, 0.15) is 0 Å². The molecule has 20 heavy (non-hydrogen) atoms. The Bertz CT molecular complexity index is 452. The normalized spacial score (nSPS) is 12.7. The summed E-state index contributed by atoms with van der Waals surface area (Å²) in [6.45, 7) is 5.71. The van der Waals surface area contributed by atoms with E-state index in [1.54, 1.807) is 13.8 Å². The molecule has 1 unspecified atom stereocenters. The van der Waals surface area contributed by atoms with Crippen molar-refractivity contribution in [1.82, 2.24) is 0 Å². The number of hydrogen-bond donors (Lipinski definition) is 0. The Morgan fingerprint density at radius 2 is 1.60 bits per heavy atom. The fourth-order valence-corrected chi connectivity index (χ4v) is 1.73. The van der Waals surface area contributed by atoms with Crippen LogP contribution in [0.5, 0.6) is 0 Å². The summed E-state index contributed by atoms with van der Waals surface area (Å²) in [5.41, 5.74) is 1.86. The molecule has 0 aliphatic carbocycles. The zero-order valence-corrected chi connectivity index (χ0v) is 12.2. The SMILES string of the molecule is [2H]C(CC(C(=O)OCC)C(=O)OCC)c1ccc(C)cc1. The standard InChI is InChI=1S/C16H22O4/c1-4-19-15(17)14(16(18)20-5-2)11-10-13-8-6-12(3)7-9-13/h6-9,14H,4-5,10-11H2,1-3H3/i10D. The van der Waals surface area contributed by atoms with Gasteiger partial charge < -0.3 is 9.47 Å². The molecular weight excluding hydrogens is 256 g/mol. The third-order valence-electron chi connectivity index (χ3n) is 2.81. The first-order valence-corrected chi connectivity index (χ1v) is 6.81. The van der Waals surface area contributed by atoms with Gasteiger partial charge in [0.05, 0.1) is 13.2 Å². The maximum absolute atomic E-state index is 11.9. The summed E-state index contributed by atoms with van der Waals surface area (Å²) in [6, 6.07) is 7.47. The fourth-order valence-electron chi connectivity index (χ4n) is 1.73. The van der Waals surface area contributed by atoms with Crippen molar-refractivity contribution in [2.75, 3.05) is 13.2 Å². The van der Waals surface area contributed by atoms with Crippen molar-refractivity contribution < 1.29 is 20.4 Å². The minimum Gasteiger partial charge on any atom is -0.465 e. The van der Waals surface area contributed by atoms with Gasteiger partial charge in [-0.1, -0.05) is 29.8 Å². The van der Waals surface area contributed by atoms with Crippen molar-refractivity contribution in [3.8, 4) is 0 Å². The molecule has 0 heterocycles. The third-order valence-corrected chi connectivity index (χ3v) is 2.81. The van der Waals surface area contributed by atoms with E-state index in [9.17, 15) is 9.59 Å². The number of esters is 2. The van der Waals surface area contributed by atoms with Gasteiger partial charge in [0, 0.05) is 1.37 Å². The van der Waals surface area contributed by atoms with Gasteiger partial charge in [-0.05, 0) is 39.2 Å². The molecule has 0 aliphatic heterocycles. The van der Waals surface area contributed by atoms with Crippen LogP contribution in [0.4, 0.5) is 0 Å². The Hall–Kier alpha value is -1.84. The molecule has 0 N–H and O–H groups in total. The van der Waals surface area contributed by atoms with Crippen LogP contribution in [0.15, 0.2) is 24.3 Å². The summed E-state index contributed by atoms with van der Waals surface area (Å²) in [4.78, 5) is 23.7. The van der Waals surface area contributed by atoms with Crippen LogP contribution in [-0.2, 0) is 25.5 Å². The molecule has 1 atom stereocenters. The second-order valence-corrected chi connectivity index (χ2v) is 4.41. The molecule has 0 saturated carbocycles. The van der Waals surface area contributed by atoms with Crippen molar-refractivity contribution in [2.24, 2.45) is 5.92 Å². The number of aryl methyl sites for hydroxylation is 2. The highest BCUT2D eigenvalue weighted by Crippen LogP contribution is 2.14. The zero-order valence-electron chi connectivity index (χ0n) is 13.2. The lowest BCUT2D eigenvalue weighted by Gasteiger charge is -2.14. The van der Waals surface area contributed by atoms with E-state index in [1.807, 2.05) is 31.2 Å². The van der Waals surface area contributed by atoms with Gasteiger partial charge in [0.15, 0.2) is 5.92 Å². The summed E-state index contributed by atoms with van der Waals surface area (Å²) in [6.07, 6.45) is -0.620. The van der Waals surface area contributed by atoms with Crippen LogP contribution in [0.2, 0.25) is 0 Å². The summed E-state index contributed by atoms with van der Waals surface area (Å²) in [7, 11) is 0.